The zero-order valence-corrected chi connectivity index (χ0v) is 8.22. The van der Waals surface area contributed by atoms with Gasteiger partial charge in [0.25, 0.3) is 0 Å². The Bertz CT molecular complexity index is 367. The van der Waals surface area contributed by atoms with Gasteiger partial charge in [0.2, 0.25) is 0 Å². The number of halogens is 4. The third kappa shape index (κ3) is 2.30. The first kappa shape index (κ1) is 10.2. The van der Waals surface area contributed by atoms with Gasteiger partial charge >= 0.3 is 6.18 Å². The van der Waals surface area contributed by atoms with E-state index in [1.165, 1.54) is 22.6 Å². The van der Waals surface area contributed by atoms with Crippen molar-refractivity contribution in [2.24, 2.45) is 0 Å². The number of hydrogen-bond acceptors (Lipinski definition) is 2. The van der Waals surface area contributed by atoms with Crippen LogP contribution in [0, 0.1) is 14.9 Å². The summed E-state index contributed by atoms with van der Waals surface area (Å²) in [5.74, 6) is 0. The molecule has 1 aromatic heterocycles. The minimum Gasteiger partial charge on any atom is -0.245 e. The first-order chi connectivity index (χ1) is 5.95. The second kappa shape index (κ2) is 3.49. The Hall–Kier alpha value is -0.840. The molecule has 0 spiro atoms. The van der Waals surface area contributed by atoms with Gasteiger partial charge in [0, 0.05) is 9.77 Å². The molecule has 0 bridgehead atoms. The molecule has 0 atom stereocenters. The van der Waals surface area contributed by atoms with Gasteiger partial charge < -0.3 is 0 Å². The Labute approximate surface area is 85.5 Å². The summed E-state index contributed by atoms with van der Waals surface area (Å²) in [6.07, 6.45) is -3.74. The van der Waals surface area contributed by atoms with Crippen molar-refractivity contribution in [3.63, 3.8) is 0 Å². The van der Waals surface area contributed by atoms with E-state index in [1.807, 2.05) is 0 Å². The van der Waals surface area contributed by atoms with Gasteiger partial charge in [0.05, 0.1) is 5.56 Å². The Morgan fingerprint density at radius 3 is 2.46 bits per heavy atom. The second-order valence-electron chi connectivity index (χ2n) is 2.16. The van der Waals surface area contributed by atoms with E-state index in [0.717, 1.165) is 6.07 Å². The van der Waals surface area contributed by atoms with Gasteiger partial charge in [-0.15, -0.1) is 0 Å². The monoisotopic (exact) mass is 298 g/mol. The minimum absolute atomic E-state index is 0.0163. The standard InChI is InChI=1S/C7H2F3IN2/c8-7(9,10)5-3-13-4(2-12)1-6(5)11/h1,3H. The van der Waals surface area contributed by atoms with Crippen molar-refractivity contribution in [2.45, 2.75) is 6.18 Å². The number of pyridine rings is 1. The van der Waals surface area contributed by atoms with Gasteiger partial charge in [0.1, 0.15) is 11.8 Å². The van der Waals surface area contributed by atoms with Gasteiger partial charge in [-0.2, -0.15) is 18.4 Å². The lowest BCUT2D eigenvalue weighted by Gasteiger charge is -2.07. The maximum absolute atomic E-state index is 12.2. The Balaban J connectivity index is 3.23. The van der Waals surface area contributed by atoms with Gasteiger partial charge in [-0.1, -0.05) is 0 Å². The van der Waals surface area contributed by atoms with Crippen LogP contribution >= 0.6 is 22.6 Å². The second-order valence-corrected chi connectivity index (χ2v) is 3.32. The number of nitriles is 1. The summed E-state index contributed by atoms with van der Waals surface area (Å²) in [4.78, 5) is 3.34. The molecule has 0 saturated carbocycles. The van der Waals surface area contributed by atoms with E-state index in [2.05, 4.69) is 4.98 Å². The lowest BCUT2D eigenvalue weighted by atomic mass is 10.2. The molecule has 0 unspecified atom stereocenters. The highest BCUT2D eigenvalue weighted by atomic mass is 127. The van der Waals surface area contributed by atoms with Crippen LogP contribution in [0.4, 0.5) is 13.2 Å². The van der Waals surface area contributed by atoms with Crippen LogP contribution < -0.4 is 0 Å². The van der Waals surface area contributed by atoms with Gasteiger partial charge in [-0.05, 0) is 28.7 Å². The molecule has 0 aliphatic heterocycles. The average molecular weight is 298 g/mol. The molecule has 2 nitrogen and oxygen atoms in total. The highest BCUT2D eigenvalue weighted by Crippen LogP contribution is 2.32. The summed E-state index contributed by atoms with van der Waals surface area (Å²) in [5.41, 5.74) is -0.829. The molecule has 1 rings (SSSR count). The molecule has 13 heavy (non-hydrogen) atoms. The normalized spacial score (nSPS) is 11.0. The summed E-state index contributed by atoms with van der Waals surface area (Å²) < 4.78 is 36.5. The van der Waals surface area contributed by atoms with Crippen LogP contribution in [0.2, 0.25) is 0 Å². The van der Waals surface area contributed by atoms with Crippen LogP contribution in [0.5, 0.6) is 0 Å². The molecule has 0 amide bonds. The molecule has 0 aromatic carbocycles. The van der Waals surface area contributed by atoms with Crippen LogP contribution in [0.3, 0.4) is 0 Å². The molecule has 1 heterocycles. The summed E-state index contributed by atoms with van der Waals surface area (Å²) in [6.45, 7) is 0. The zero-order chi connectivity index (χ0) is 10.1. The SMILES string of the molecule is N#Cc1cc(I)c(C(F)(F)F)cn1. The first-order valence-corrected chi connectivity index (χ1v) is 4.16. The number of aromatic nitrogens is 1. The Morgan fingerprint density at radius 1 is 1.46 bits per heavy atom. The smallest absolute Gasteiger partial charge is 0.245 e. The molecule has 0 aliphatic rings. The van der Waals surface area contributed by atoms with Crippen LogP contribution in [-0.2, 0) is 6.18 Å². The van der Waals surface area contributed by atoms with E-state index in [9.17, 15) is 13.2 Å². The third-order valence-electron chi connectivity index (χ3n) is 1.27. The first-order valence-electron chi connectivity index (χ1n) is 3.08. The van der Waals surface area contributed by atoms with Crippen molar-refractivity contribution in [3.8, 4) is 6.07 Å². The summed E-state index contributed by atoms with van der Waals surface area (Å²) in [6, 6.07) is 2.76. The van der Waals surface area contributed by atoms with E-state index in [1.54, 1.807) is 6.07 Å². The van der Waals surface area contributed by atoms with Gasteiger partial charge in [0.15, 0.2) is 0 Å². The van der Waals surface area contributed by atoms with Crippen molar-refractivity contribution < 1.29 is 13.2 Å². The topological polar surface area (TPSA) is 36.7 Å². The van der Waals surface area contributed by atoms with Crippen molar-refractivity contribution in [3.05, 3.63) is 27.1 Å². The minimum atomic E-state index is -4.41. The molecule has 0 N–H and O–H groups in total. The van der Waals surface area contributed by atoms with Crippen LogP contribution in [-0.4, -0.2) is 4.98 Å². The molecule has 68 valence electrons. The van der Waals surface area contributed by atoms with E-state index < -0.39 is 11.7 Å². The van der Waals surface area contributed by atoms with Gasteiger partial charge in [-0.3, -0.25) is 0 Å². The van der Waals surface area contributed by atoms with E-state index in [4.69, 9.17) is 5.26 Å². The number of rotatable bonds is 0. The Morgan fingerprint density at radius 2 is 2.08 bits per heavy atom. The largest absolute Gasteiger partial charge is 0.418 e. The quantitative estimate of drug-likeness (QED) is 0.690. The molecule has 6 heteroatoms. The lowest BCUT2D eigenvalue weighted by molar-refractivity contribution is -0.138. The number of hydrogen-bond donors (Lipinski definition) is 0. The molecule has 0 radical (unpaired) electrons. The van der Waals surface area contributed by atoms with Crippen LogP contribution in [0.25, 0.3) is 0 Å². The Kier molecular flexibility index (Phi) is 2.75. The average Bonchev–Trinajstić information content (AvgIpc) is 2.01. The highest BCUT2D eigenvalue weighted by Gasteiger charge is 2.33. The predicted octanol–water partition coefficient (Wildman–Crippen LogP) is 2.58. The van der Waals surface area contributed by atoms with E-state index in [0.29, 0.717) is 6.20 Å². The van der Waals surface area contributed by atoms with Crippen LogP contribution in [0.1, 0.15) is 11.3 Å². The summed E-state index contributed by atoms with van der Waals surface area (Å²) in [5, 5.41) is 8.36. The molecule has 0 fully saturated rings. The molecular weight excluding hydrogens is 296 g/mol. The fraction of sp³-hybridized carbons (Fsp3) is 0.143. The predicted molar refractivity (Wildman–Crippen MR) is 46.7 cm³/mol. The third-order valence-corrected chi connectivity index (χ3v) is 2.17. The van der Waals surface area contributed by atoms with Crippen molar-refractivity contribution in [1.82, 2.24) is 4.98 Å². The number of alkyl halides is 3. The van der Waals surface area contributed by atoms with Gasteiger partial charge in [-0.25, -0.2) is 4.98 Å². The highest BCUT2D eigenvalue weighted by molar-refractivity contribution is 14.1. The maximum Gasteiger partial charge on any atom is 0.418 e. The molecule has 1 aromatic rings. The lowest BCUT2D eigenvalue weighted by Crippen LogP contribution is -2.08. The molecule has 0 aliphatic carbocycles. The molecular formula is C7H2F3IN2. The van der Waals surface area contributed by atoms with Crippen molar-refractivity contribution in [2.75, 3.05) is 0 Å². The van der Waals surface area contributed by atoms with Crippen molar-refractivity contribution in [1.29, 1.82) is 5.26 Å². The van der Waals surface area contributed by atoms with Crippen LogP contribution in [0.15, 0.2) is 12.3 Å². The van der Waals surface area contributed by atoms with E-state index in [-0.39, 0.29) is 9.26 Å². The van der Waals surface area contributed by atoms with Crippen molar-refractivity contribution >= 4 is 22.6 Å². The number of nitrogens with zero attached hydrogens (tertiary/aromatic N) is 2. The molecule has 0 saturated heterocycles. The summed E-state index contributed by atoms with van der Waals surface area (Å²) in [7, 11) is 0. The summed E-state index contributed by atoms with van der Waals surface area (Å²) >= 11 is 1.52. The zero-order valence-electron chi connectivity index (χ0n) is 6.06. The fourth-order valence-electron chi connectivity index (χ4n) is 0.701. The fourth-order valence-corrected chi connectivity index (χ4v) is 1.44. The van der Waals surface area contributed by atoms with E-state index >= 15 is 0 Å². The maximum atomic E-state index is 12.2.